The minimum absolute atomic E-state index is 0.0643. The second-order valence-electron chi connectivity index (χ2n) is 4.95. The van der Waals surface area contributed by atoms with E-state index in [0.717, 1.165) is 42.6 Å². The molecule has 1 fully saturated rings. The maximum atomic E-state index is 6.31. The molecule has 0 saturated heterocycles. The Kier molecular flexibility index (Phi) is 4.81. The number of halogens is 1. The van der Waals surface area contributed by atoms with Crippen molar-refractivity contribution >= 4 is 15.9 Å². The van der Waals surface area contributed by atoms with Crippen molar-refractivity contribution in [3.63, 3.8) is 0 Å². The summed E-state index contributed by atoms with van der Waals surface area (Å²) in [5.74, 6) is 0.698. The van der Waals surface area contributed by atoms with Gasteiger partial charge < -0.3 is 10.5 Å². The average Bonchev–Trinajstić information content (AvgIpc) is 2.67. The molecule has 0 amide bonds. The highest BCUT2D eigenvalue weighted by molar-refractivity contribution is 9.10. The predicted octanol–water partition coefficient (Wildman–Crippen LogP) is 2.87. The van der Waals surface area contributed by atoms with Crippen LogP contribution >= 0.6 is 15.9 Å². The third-order valence-electron chi connectivity index (χ3n) is 3.67. The summed E-state index contributed by atoms with van der Waals surface area (Å²) < 4.78 is 8.59. The zero-order valence-electron chi connectivity index (χ0n) is 11.1. The van der Waals surface area contributed by atoms with Gasteiger partial charge in [-0.15, -0.1) is 0 Å². The van der Waals surface area contributed by atoms with E-state index < -0.39 is 0 Å². The van der Waals surface area contributed by atoms with Crippen molar-refractivity contribution < 1.29 is 4.74 Å². The van der Waals surface area contributed by atoms with E-state index in [4.69, 9.17) is 10.5 Å². The van der Waals surface area contributed by atoms with Crippen molar-refractivity contribution in [1.82, 2.24) is 9.78 Å². The number of nitrogens with two attached hydrogens (primary N) is 1. The third kappa shape index (κ3) is 2.95. The van der Waals surface area contributed by atoms with E-state index in [-0.39, 0.29) is 6.04 Å². The number of hydrogen-bond acceptors (Lipinski definition) is 3. The molecule has 0 aromatic carbocycles. The molecule has 1 aromatic heterocycles. The van der Waals surface area contributed by atoms with Crippen LogP contribution in [0.2, 0.25) is 0 Å². The number of nitrogens with zero attached hydrogens (tertiary/aromatic N) is 2. The van der Waals surface area contributed by atoms with Crippen LogP contribution in [0.15, 0.2) is 10.7 Å². The molecule has 5 heteroatoms. The predicted molar refractivity (Wildman–Crippen MR) is 75.3 cm³/mol. The molecule has 0 spiro atoms. The Bertz CT molecular complexity index is 388. The van der Waals surface area contributed by atoms with Gasteiger partial charge in [-0.1, -0.05) is 0 Å². The molecule has 2 rings (SSSR count). The minimum atomic E-state index is 0.0643. The number of hydrogen-bond donors (Lipinski definition) is 1. The maximum Gasteiger partial charge on any atom is 0.0693 e. The van der Waals surface area contributed by atoms with E-state index in [0.29, 0.717) is 12.0 Å². The van der Waals surface area contributed by atoms with Crippen molar-refractivity contribution in [2.24, 2.45) is 11.7 Å². The van der Waals surface area contributed by atoms with Crippen LogP contribution < -0.4 is 5.73 Å². The largest absolute Gasteiger partial charge is 0.378 e. The molecule has 1 heterocycles. The molecule has 0 bridgehead atoms. The van der Waals surface area contributed by atoms with Crippen LogP contribution in [0.3, 0.4) is 0 Å². The fourth-order valence-corrected chi connectivity index (χ4v) is 3.29. The summed E-state index contributed by atoms with van der Waals surface area (Å²) in [6.07, 6.45) is 5.63. The fraction of sp³-hybridized carbons (Fsp3) is 0.769. The fourth-order valence-electron chi connectivity index (χ4n) is 2.70. The van der Waals surface area contributed by atoms with Crippen molar-refractivity contribution in [2.75, 3.05) is 6.61 Å². The van der Waals surface area contributed by atoms with Crippen LogP contribution in [-0.2, 0) is 11.3 Å². The lowest BCUT2D eigenvalue weighted by Gasteiger charge is -2.36. The molecular formula is C13H22BrN3O. The van der Waals surface area contributed by atoms with E-state index in [2.05, 4.69) is 34.9 Å². The van der Waals surface area contributed by atoms with E-state index in [1.807, 2.05) is 10.9 Å². The van der Waals surface area contributed by atoms with Gasteiger partial charge in [0.05, 0.1) is 22.5 Å². The topological polar surface area (TPSA) is 53.1 Å². The molecule has 18 heavy (non-hydrogen) atoms. The first-order valence-electron chi connectivity index (χ1n) is 6.74. The molecule has 1 atom stereocenters. The highest BCUT2D eigenvalue weighted by atomic mass is 79.9. The molecule has 4 nitrogen and oxygen atoms in total. The Labute approximate surface area is 117 Å². The van der Waals surface area contributed by atoms with Crippen LogP contribution in [-0.4, -0.2) is 22.5 Å². The minimum Gasteiger partial charge on any atom is -0.378 e. The Morgan fingerprint density at radius 2 is 2.28 bits per heavy atom. The van der Waals surface area contributed by atoms with Gasteiger partial charge in [0.15, 0.2) is 0 Å². The summed E-state index contributed by atoms with van der Waals surface area (Å²) in [5, 5.41) is 4.32. The molecule has 1 aromatic rings. The van der Waals surface area contributed by atoms with Gasteiger partial charge in [-0.05, 0) is 55.0 Å². The van der Waals surface area contributed by atoms with E-state index in [9.17, 15) is 0 Å². The van der Waals surface area contributed by atoms with Gasteiger partial charge in [0.25, 0.3) is 0 Å². The summed E-state index contributed by atoms with van der Waals surface area (Å²) >= 11 is 3.54. The standard InChI is InChI=1S/C13H22BrN3O/c1-3-17-13(11(14)8-16-17)12(15)7-9-5-10(6-9)18-4-2/h8-10,12H,3-7,15H2,1-2H3. The summed E-state index contributed by atoms with van der Waals surface area (Å²) in [6, 6.07) is 0.0643. The second-order valence-corrected chi connectivity index (χ2v) is 5.80. The highest BCUT2D eigenvalue weighted by Crippen LogP contribution is 2.37. The number of aryl methyl sites for hydroxylation is 1. The van der Waals surface area contributed by atoms with E-state index in [1.54, 1.807) is 0 Å². The van der Waals surface area contributed by atoms with Crippen LogP contribution in [0.1, 0.15) is 44.8 Å². The molecular weight excluding hydrogens is 294 g/mol. The molecule has 1 saturated carbocycles. The Hall–Kier alpha value is -0.390. The molecule has 1 aliphatic carbocycles. The quantitative estimate of drug-likeness (QED) is 0.878. The summed E-state index contributed by atoms with van der Waals surface area (Å²) in [5.41, 5.74) is 7.44. The molecule has 1 aliphatic rings. The molecule has 0 aliphatic heterocycles. The molecule has 1 unspecified atom stereocenters. The smallest absolute Gasteiger partial charge is 0.0693 e. The zero-order valence-corrected chi connectivity index (χ0v) is 12.7. The van der Waals surface area contributed by atoms with Gasteiger partial charge in [0.2, 0.25) is 0 Å². The van der Waals surface area contributed by atoms with Crippen molar-refractivity contribution in [2.45, 2.75) is 51.8 Å². The Morgan fingerprint density at radius 3 is 2.89 bits per heavy atom. The lowest BCUT2D eigenvalue weighted by molar-refractivity contribution is -0.0283. The van der Waals surface area contributed by atoms with Gasteiger partial charge in [-0.2, -0.15) is 5.10 Å². The lowest BCUT2D eigenvalue weighted by atomic mass is 9.78. The summed E-state index contributed by atoms with van der Waals surface area (Å²) in [7, 11) is 0. The monoisotopic (exact) mass is 315 g/mol. The van der Waals surface area contributed by atoms with Crippen LogP contribution in [0, 0.1) is 5.92 Å². The Balaban J connectivity index is 1.89. The number of ether oxygens (including phenoxy) is 1. The first-order valence-corrected chi connectivity index (χ1v) is 7.53. The summed E-state index contributed by atoms with van der Waals surface area (Å²) in [4.78, 5) is 0. The molecule has 0 radical (unpaired) electrons. The highest BCUT2D eigenvalue weighted by Gasteiger charge is 2.32. The second kappa shape index (κ2) is 6.17. The number of aromatic nitrogens is 2. The van der Waals surface area contributed by atoms with Crippen molar-refractivity contribution in [1.29, 1.82) is 0 Å². The average molecular weight is 316 g/mol. The van der Waals surface area contributed by atoms with Crippen LogP contribution in [0.25, 0.3) is 0 Å². The third-order valence-corrected chi connectivity index (χ3v) is 4.28. The van der Waals surface area contributed by atoms with Crippen molar-refractivity contribution in [3.8, 4) is 0 Å². The lowest BCUT2D eigenvalue weighted by Crippen LogP contribution is -2.34. The number of rotatable bonds is 6. The SMILES string of the molecule is CCOC1CC(CC(N)c2c(Br)cnn2CC)C1. The van der Waals surface area contributed by atoms with Gasteiger partial charge in [0, 0.05) is 19.2 Å². The van der Waals surface area contributed by atoms with Gasteiger partial charge >= 0.3 is 0 Å². The molecule has 102 valence electrons. The Morgan fingerprint density at radius 1 is 1.56 bits per heavy atom. The first kappa shape index (κ1) is 14.0. The van der Waals surface area contributed by atoms with Gasteiger partial charge in [-0.3, -0.25) is 4.68 Å². The van der Waals surface area contributed by atoms with E-state index >= 15 is 0 Å². The normalized spacial score (nSPS) is 24.9. The van der Waals surface area contributed by atoms with Crippen LogP contribution in [0.5, 0.6) is 0 Å². The van der Waals surface area contributed by atoms with E-state index in [1.165, 1.54) is 0 Å². The summed E-state index contributed by atoms with van der Waals surface area (Å²) in [6.45, 7) is 5.82. The first-order chi connectivity index (χ1) is 8.65. The maximum absolute atomic E-state index is 6.31. The van der Waals surface area contributed by atoms with Crippen LogP contribution in [0.4, 0.5) is 0 Å². The van der Waals surface area contributed by atoms with Crippen molar-refractivity contribution in [3.05, 3.63) is 16.4 Å². The van der Waals surface area contributed by atoms with Gasteiger partial charge in [-0.25, -0.2) is 0 Å². The zero-order chi connectivity index (χ0) is 13.1. The molecule has 2 N–H and O–H groups in total. The van der Waals surface area contributed by atoms with Gasteiger partial charge in [0.1, 0.15) is 0 Å².